The lowest BCUT2D eigenvalue weighted by atomic mass is 10.3. The second-order valence-corrected chi connectivity index (χ2v) is 4.24. The average molecular weight is 274 g/mol. The van der Waals surface area contributed by atoms with Crippen molar-refractivity contribution in [1.82, 2.24) is 10.3 Å². The number of urea groups is 1. The molecule has 2 heterocycles. The molecule has 0 aliphatic carbocycles. The summed E-state index contributed by atoms with van der Waals surface area (Å²) in [5, 5.41) is 5.28. The topological polar surface area (TPSA) is 66.5 Å². The van der Waals surface area contributed by atoms with Crippen LogP contribution >= 0.6 is 0 Å². The largest absolute Gasteiger partial charge is 0.378 e. The molecule has 0 aromatic carbocycles. The van der Waals surface area contributed by atoms with Crippen LogP contribution in [0.15, 0.2) is 18.3 Å². The highest BCUT2D eigenvalue weighted by molar-refractivity contribution is 5.88. The summed E-state index contributed by atoms with van der Waals surface area (Å²) in [7, 11) is 0. The van der Waals surface area contributed by atoms with Crippen molar-refractivity contribution in [2.75, 3.05) is 43.1 Å². The van der Waals surface area contributed by atoms with E-state index in [-0.39, 0.29) is 6.03 Å². The molecule has 6 heteroatoms. The lowest BCUT2D eigenvalue weighted by molar-refractivity contribution is 0.122. The maximum absolute atomic E-state index is 11.5. The van der Waals surface area contributed by atoms with Crippen LogP contribution in [0.5, 0.6) is 0 Å². The molecule has 2 N–H and O–H groups in total. The summed E-state index contributed by atoms with van der Waals surface area (Å²) in [6.45, 7) is 5.26. The molecular formula is C14H18N4O2. The fourth-order valence-corrected chi connectivity index (χ4v) is 1.84. The van der Waals surface area contributed by atoms with Gasteiger partial charge in [0.2, 0.25) is 0 Å². The van der Waals surface area contributed by atoms with E-state index in [0.29, 0.717) is 12.4 Å². The van der Waals surface area contributed by atoms with Crippen LogP contribution in [0.2, 0.25) is 0 Å². The summed E-state index contributed by atoms with van der Waals surface area (Å²) in [4.78, 5) is 18.0. The molecule has 106 valence electrons. The normalized spacial score (nSPS) is 14.2. The number of carbonyl (C=O) groups excluding carboxylic acids is 1. The molecule has 1 aromatic rings. The Bertz CT molecular complexity index is 498. The van der Waals surface area contributed by atoms with Crippen molar-refractivity contribution < 1.29 is 9.53 Å². The fraction of sp³-hybridized carbons (Fsp3) is 0.429. The predicted molar refractivity (Wildman–Crippen MR) is 77.7 cm³/mol. The first-order chi connectivity index (χ1) is 9.79. The van der Waals surface area contributed by atoms with Gasteiger partial charge in [-0.1, -0.05) is 5.92 Å². The van der Waals surface area contributed by atoms with Crippen LogP contribution in [0.3, 0.4) is 0 Å². The minimum atomic E-state index is -0.306. The van der Waals surface area contributed by atoms with E-state index >= 15 is 0 Å². The Labute approximate surface area is 118 Å². The lowest BCUT2D eigenvalue weighted by Gasteiger charge is -2.28. The smallest absolute Gasteiger partial charge is 0.321 e. The van der Waals surface area contributed by atoms with Crippen molar-refractivity contribution in [2.24, 2.45) is 0 Å². The molecule has 1 fully saturated rings. The third-order valence-electron chi connectivity index (χ3n) is 2.88. The average Bonchev–Trinajstić information content (AvgIpc) is 2.49. The van der Waals surface area contributed by atoms with Gasteiger partial charge in [0.25, 0.3) is 0 Å². The number of hydrogen-bond acceptors (Lipinski definition) is 4. The number of rotatable bonds is 3. The third kappa shape index (κ3) is 4.14. The van der Waals surface area contributed by atoms with Crippen molar-refractivity contribution in [3.05, 3.63) is 18.3 Å². The zero-order valence-corrected chi connectivity index (χ0v) is 11.5. The van der Waals surface area contributed by atoms with Gasteiger partial charge in [-0.3, -0.25) is 5.32 Å². The second kappa shape index (κ2) is 7.36. The number of aromatic nitrogens is 1. The van der Waals surface area contributed by atoms with Crippen LogP contribution in [0.25, 0.3) is 0 Å². The van der Waals surface area contributed by atoms with E-state index in [9.17, 15) is 4.79 Å². The highest BCUT2D eigenvalue weighted by atomic mass is 16.5. The molecular weight excluding hydrogens is 256 g/mol. The summed E-state index contributed by atoms with van der Waals surface area (Å²) in [6.07, 6.45) is 1.76. The SMILES string of the molecule is CC#CCNC(=O)Nc1ccc(N2CCOCC2)cn1. The third-order valence-corrected chi connectivity index (χ3v) is 2.88. The van der Waals surface area contributed by atoms with Crippen LogP contribution in [-0.2, 0) is 4.74 Å². The molecule has 0 radical (unpaired) electrons. The van der Waals surface area contributed by atoms with Gasteiger partial charge in [-0.05, 0) is 19.1 Å². The maximum atomic E-state index is 11.5. The van der Waals surface area contributed by atoms with Crippen LogP contribution in [-0.4, -0.2) is 43.9 Å². The summed E-state index contributed by atoms with van der Waals surface area (Å²) in [5.41, 5.74) is 1.04. The standard InChI is InChI=1S/C14H18N4O2/c1-2-3-6-15-14(19)17-13-5-4-12(11-16-13)18-7-9-20-10-8-18/h4-5,11H,6-10H2,1H3,(H2,15,16,17,19). The van der Waals surface area contributed by atoms with Crippen molar-refractivity contribution in [2.45, 2.75) is 6.92 Å². The summed E-state index contributed by atoms with van der Waals surface area (Å²) in [5.74, 6) is 5.98. The van der Waals surface area contributed by atoms with Crippen molar-refractivity contribution >= 4 is 17.5 Å². The monoisotopic (exact) mass is 274 g/mol. The summed E-state index contributed by atoms with van der Waals surface area (Å²) < 4.78 is 5.31. The highest BCUT2D eigenvalue weighted by Crippen LogP contribution is 2.16. The van der Waals surface area contributed by atoms with Crippen molar-refractivity contribution in [3.8, 4) is 11.8 Å². The minimum Gasteiger partial charge on any atom is -0.378 e. The lowest BCUT2D eigenvalue weighted by Crippen LogP contribution is -2.36. The first-order valence-corrected chi connectivity index (χ1v) is 6.53. The van der Waals surface area contributed by atoms with Gasteiger partial charge >= 0.3 is 6.03 Å². The molecule has 6 nitrogen and oxygen atoms in total. The quantitative estimate of drug-likeness (QED) is 0.809. The van der Waals surface area contributed by atoms with Gasteiger partial charge in [0.1, 0.15) is 5.82 Å². The van der Waals surface area contributed by atoms with Crippen LogP contribution in [0.1, 0.15) is 6.92 Å². The van der Waals surface area contributed by atoms with E-state index in [0.717, 1.165) is 32.0 Å². The van der Waals surface area contributed by atoms with E-state index in [1.807, 2.05) is 6.07 Å². The number of nitrogens with zero attached hydrogens (tertiary/aromatic N) is 2. The van der Waals surface area contributed by atoms with E-state index < -0.39 is 0 Å². The molecule has 0 saturated carbocycles. The number of pyridine rings is 1. The highest BCUT2D eigenvalue weighted by Gasteiger charge is 2.11. The van der Waals surface area contributed by atoms with Gasteiger partial charge in [-0.2, -0.15) is 0 Å². The molecule has 0 atom stereocenters. The summed E-state index contributed by atoms with van der Waals surface area (Å²) in [6, 6.07) is 3.43. The van der Waals surface area contributed by atoms with Crippen molar-refractivity contribution in [3.63, 3.8) is 0 Å². The molecule has 1 aliphatic rings. The number of carbonyl (C=O) groups is 1. The van der Waals surface area contributed by atoms with Gasteiger partial charge in [0, 0.05) is 13.1 Å². The fourth-order valence-electron chi connectivity index (χ4n) is 1.84. The van der Waals surface area contributed by atoms with E-state index in [1.54, 1.807) is 19.2 Å². The number of nitrogens with one attached hydrogen (secondary N) is 2. The molecule has 0 bridgehead atoms. The number of amides is 2. The van der Waals surface area contributed by atoms with Gasteiger partial charge in [0.05, 0.1) is 31.6 Å². The molecule has 20 heavy (non-hydrogen) atoms. The second-order valence-electron chi connectivity index (χ2n) is 4.24. The molecule has 2 amide bonds. The van der Waals surface area contributed by atoms with E-state index in [4.69, 9.17) is 4.74 Å². The van der Waals surface area contributed by atoms with Crippen LogP contribution in [0, 0.1) is 11.8 Å². The Balaban J connectivity index is 1.87. The van der Waals surface area contributed by atoms with Crippen LogP contribution < -0.4 is 15.5 Å². The Morgan fingerprint density at radius 3 is 2.90 bits per heavy atom. The number of morpholine rings is 1. The Morgan fingerprint density at radius 1 is 1.45 bits per heavy atom. The molecule has 2 rings (SSSR count). The van der Waals surface area contributed by atoms with E-state index in [1.165, 1.54) is 0 Å². The molecule has 0 unspecified atom stereocenters. The van der Waals surface area contributed by atoms with Gasteiger partial charge in [0.15, 0.2) is 0 Å². The molecule has 0 spiro atoms. The first-order valence-electron chi connectivity index (χ1n) is 6.53. The van der Waals surface area contributed by atoms with E-state index in [2.05, 4.69) is 32.4 Å². The van der Waals surface area contributed by atoms with Crippen LogP contribution in [0.4, 0.5) is 16.3 Å². The van der Waals surface area contributed by atoms with Gasteiger partial charge in [-0.15, -0.1) is 5.92 Å². The zero-order valence-electron chi connectivity index (χ0n) is 11.5. The van der Waals surface area contributed by atoms with Gasteiger partial charge in [-0.25, -0.2) is 9.78 Å². The molecule has 1 aliphatic heterocycles. The Hall–Kier alpha value is -2.26. The minimum absolute atomic E-state index is 0.306. The Morgan fingerprint density at radius 2 is 2.25 bits per heavy atom. The molecule has 1 saturated heterocycles. The zero-order chi connectivity index (χ0) is 14.2. The number of anilines is 2. The van der Waals surface area contributed by atoms with Crippen molar-refractivity contribution in [1.29, 1.82) is 0 Å². The summed E-state index contributed by atoms with van der Waals surface area (Å²) >= 11 is 0. The predicted octanol–water partition coefficient (Wildman–Crippen LogP) is 1.06. The van der Waals surface area contributed by atoms with Gasteiger partial charge < -0.3 is 15.0 Å². The first kappa shape index (κ1) is 14.2. The number of ether oxygens (including phenoxy) is 1. The maximum Gasteiger partial charge on any atom is 0.321 e. The Kier molecular flexibility index (Phi) is 5.21. The number of hydrogen-bond donors (Lipinski definition) is 2. The molecule has 1 aromatic heterocycles.